The summed E-state index contributed by atoms with van der Waals surface area (Å²) in [5, 5.41) is 0. The maximum absolute atomic E-state index is 13.1. The van der Waals surface area contributed by atoms with Crippen LogP contribution in [0.15, 0.2) is 18.2 Å². The number of carbonyl (C=O) groups excluding carboxylic acids is 2. The molecule has 6 heteroatoms. The molecule has 0 aliphatic carbocycles. The van der Waals surface area contributed by atoms with E-state index in [9.17, 15) is 14.0 Å². The summed E-state index contributed by atoms with van der Waals surface area (Å²) in [4.78, 5) is 23.6. The first kappa shape index (κ1) is 19.9. The molecule has 1 unspecified atom stereocenters. The van der Waals surface area contributed by atoms with E-state index in [1.165, 1.54) is 19.2 Å². The number of halogens is 1. The number of methoxy groups -OCH3 is 1. The molecule has 5 nitrogen and oxygen atoms in total. The van der Waals surface area contributed by atoms with Crippen LogP contribution in [0.4, 0.5) is 4.39 Å². The Hall–Kier alpha value is -2.11. The standard InChI is InChI=1S/C18H25FO5/c1-5-14(12(2)3)23-17(20)7-6-8-18(21)24-15-10-9-13(19)11-16(15)22-4/h9-12,14H,5-8H2,1-4H3. The Kier molecular flexibility index (Phi) is 8.22. The fraction of sp³-hybridized carbons (Fsp3) is 0.556. The number of ether oxygens (including phenoxy) is 3. The summed E-state index contributed by atoms with van der Waals surface area (Å²) >= 11 is 0. The highest BCUT2D eigenvalue weighted by molar-refractivity contribution is 5.75. The fourth-order valence-corrected chi connectivity index (χ4v) is 2.20. The first-order valence-electron chi connectivity index (χ1n) is 8.11. The topological polar surface area (TPSA) is 61.8 Å². The lowest BCUT2D eigenvalue weighted by molar-refractivity contribution is -0.151. The minimum absolute atomic E-state index is 0.0636. The van der Waals surface area contributed by atoms with Crippen LogP contribution < -0.4 is 9.47 Å². The second kappa shape index (κ2) is 9.90. The molecule has 1 aromatic rings. The number of esters is 2. The predicted octanol–water partition coefficient (Wildman–Crippen LogP) is 3.89. The van der Waals surface area contributed by atoms with Gasteiger partial charge in [-0.15, -0.1) is 0 Å². The summed E-state index contributed by atoms with van der Waals surface area (Å²) in [6.45, 7) is 5.95. The molecule has 1 aromatic carbocycles. The van der Waals surface area contributed by atoms with E-state index in [1.807, 2.05) is 20.8 Å². The van der Waals surface area contributed by atoms with Crippen molar-refractivity contribution >= 4 is 11.9 Å². The van der Waals surface area contributed by atoms with Gasteiger partial charge in [-0.25, -0.2) is 4.39 Å². The molecule has 0 amide bonds. The molecule has 0 N–H and O–H groups in total. The van der Waals surface area contributed by atoms with Gasteiger partial charge in [0.2, 0.25) is 0 Å². The van der Waals surface area contributed by atoms with Crippen molar-refractivity contribution in [2.24, 2.45) is 5.92 Å². The zero-order valence-corrected chi connectivity index (χ0v) is 14.6. The summed E-state index contributed by atoms with van der Waals surface area (Å²) in [6.07, 6.45) is 1.20. The molecule has 0 aliphatic rings. The molecule has 0 aromatic heterocycles. The van der Waals surface area contributed by atoms with Gasteiger partial charge >= 0.3 is 11.9 Å². The molecule has 0 fully saturated rings. The molecule has 0 heterocycles. The maximum Gasteiger partial charge on any atom is 0.311 e. The molecule has 0 saturated carbocycles. The van der Waals surface area contributed by atoms with Gasteiger partial charge in [-0.2, -0.15) is 0 Å². The van der Waals surface area contributed by atoms with E-state index < -0.39 is 11.8 Å². The van der Waals surface area contributed by atoms with Crippen LogP contribution >= 0.6 is 0 Å². The van der Waals surface area contributed by atoms with Gasteiger partial charge in [0.25, 0.3) is 0 Å². The summed E-state index contributed by atoms with van der Waals surface area (Å²) in [5.41, 5.74) is 0. The Labute approximate surface area is 142 Å². The number of hydrogen-bond donors (Lipinski definition) is 0. The SMILES string of the molecule is CCC(OC(=O)CCCC(=O)Oc1ccc(F)cc1OC)C(C)C. The third-order valence-electron chi connectivity index (χ3n) is 3.54. The highest BCUT2D eigenvalue weighted by Crippen LogP contribution is 2.27. The Balaban J connectivity index is 2.40. The van der Waals surface area contributed by atoms with E-state index in [2.05, 4.69) is 0 Å². The van der Waals surface area contributed by atoms with Crippen LogP contribution in [0.3, 0.4) is 0 Å². The molecule has 1 atom stereocenters. The van der Waals surface area contributed by atoms with Crippen molar-refractivity contribution in [3.63, 3.8) is 0 Å². The number of carbonyl (C=O) groups is 2. The minimum atomic E-state index is -0.511. The molecule has 0 aliphatic heterocycles. The quantitative estimate of drug-likeness (QED) is 0.504. The van der Waals surface area contributed by atoms with Gasteiger partial charge in [-0.3, -0.25) is 9.59 Å². The second-order valence-electron chi connectivity index (χ2n) is 5.80. The number of hydrogen-bond acceptors (Lipinski definition) is 5. The lowest BCUT2D eigenvalue weighted by atomic mass is 10.1. The van der Waals surface area contributed by atoms with Crippen molar-refractivity contribution in [1.29, 1.82) is 0 Å². The van der Waals surface area contributed by atoms with Gasteiger partial charge in [0.15, 0.2) is 11.5 Å². The molecular formula is C18H25FO5. The van der Waals surface area contributed by atoms with E-state index in [-0.39, 0.29) is 42.3 Å². The van der Waals surface area contributed by atoms with Crippen LogP contribution in [0, 0.1) is 11.7 Å². The molecule has 134 valence electrons. The lowest BCUT2D eigenvalue weighted by Crippen LogP contribution is -2.22. The molecule has 0 saturated heterocycles. The second-order valence-corrected chi connectivity index (χ2v) is 5.80. The highest BCUT2D eigenvalue weighted by atomic mass is 19.1. The normalized spacial score (nSPS) is 11.9. The zero-order chi connectivity index (χ0) is 18.1. The average Bonchev–Trinajstić information content (AvgIpc) is 2.53. The van der Waals surface area contributed by atoms with Crippen molar-refractivity contribution in [3.05, 3.63) is 24.0 Å². The van der Waals surface area contributed by atoms with Crippen molar-refractivity contribution < 1.29 is 28.2 Å². The van der Waals surface area contributed by atoms with Crippen molar-refractivity contribution in [1.82, 2.24) is 0 Å². The monoisotopic (exact) mass is 340 g/mol. The molecule has 24 heavy (non-hydrogen) atoms. The van der Waals surface area contributed by atoms with E-state index in [4.69, 9.17) is 14.2 Å². The molecule has 1 rings (SSSR count). The van der Waals surface area contributed by atoms with Crippen molar-refractivity contribution in [3.8, 4) is 11.5 Å². The van der Waals surface area contributed by atoms with Crippen LogP contribution in [0.2, 0.25) is 0 Å². The molecular weight excluding hydrogens is 315 g/mol. The van der Waals surface area contributed by atoms with Gasteiger partial charge in [-0.1, -0.05) is 20.8 Å². The fourth-order valence-electron chi connectivity index (χ4n) is 2.20. The molecule has 0 radical (unpaired) electrons. The van der Waals surface area contributed by atoms with Crippen LogP contribution in [0.5, 0.6) is 11.5 Å². The van der Waals surface area contributed by atoms with E-state index in [1.54, 1.807) is 0 Å². The maximum atomic E-state index is 13.1. The third kappa shape index (κ3) is 6.56. The van der Waals surface area contributed by atoms with Gasteiger partial charge in [0, 0.05) is 18.9 Å². The van der Waals surface area contributed by atoms with Crippen LogP contribution in [-0.4, -0.2) is 25.2 Å². The van der Waals surface area contributed by atoms with Crippen molar-refractivity contribution in [2.45, 2.75) is 52.6 Å². The number of rotatable bonds is 9. The summed E-state index contributed by atoms with van der Waals surface area (Å²) in [7, 11) is 1.36. The summed E-state index contributed by atoms with van der Waals surface area (Å²) in [6, 6.07) is 3.64. The van der Waals surface area contributed by atoms with Gasteiger partial charge < -0.3 is 14.2 Å². The Morgan fingerprint density at radius 2 is 1.79 bits per heavy atom. The third-order valence-corrected chi connectivity index (χ3v) is 3.54. The van der Waals surface area contributed by atoms with E-state index in [0.717, 1.165) is 12.5 Å². The largest absolute Gasteiger partial charge is 0.493 e. The van der Waals surface area contributed by atoms with Gasteiger partial charge in [-0.05, 0) is 30.9 Å². The predicted molar refractivity (Wildman–Crippen MR) is 87.4 cm³/mol. The van der Waals surface area contributed by atoms with E-state index in [0.29, 0.717) is 6.42 Å². The number of benzene rings is 1. The van der Waals surface area contributed by atoms with Crippen LogP contribution in [0.25, 0.3) is 0 Å². The lowest BCUT2D eigenvalue weighted by Gasteiger charge is -2.19. The summed E-state index contributed by atoms with van der Waals surface area (Å²) in [5.74, 6) is -0.756. The van der Waals surface area contributed by atoms with Crippen LogP contribution in [0.1, 0.15) is 46.5 Å². The Morgan fingerprint density at radius 3 is 2.38 bits per heavy atom. The van der Waals surface area contributed by atoms with Crippen LogP contribution in [-0.2, 0) is 14.3 Å². The Bertz CT molecular complexity index is 556. The molecule has 0 spiro atoms. The summed E-state index contributed by atoms with van der Waals surface area (Å²) < 4.78 is 28.5. The average molecular weight is 340 g/mol. The van der Waals surface area contributed by atoms with Crippen molar-refractivity contribution in [2.75, 3.05) is 7.11 Å². The minimum Gasteiger partial charge on any atom is -0.493 e. The van der Waals surface area contributed by atoms with E-state index >= 15 is 0 Å². The Morgan fingerprint density at radius 1 is 1.12 bits per heavy atom. The smallest absolute Gasteiger partial charge is 0.311 e. The van der Waals surface area contributed by atoms with Gasteiger partial charge in [0.1, 0.15) is 11.9 Å². The first-order valence-corrected chi connectivity index (χ1v) is 8.11. The molecule has 0 bridgehead atoms. The first-order chi connectivity index (χ1) is 11.4. The zero-order valence-electron chi connectivity index (χ0n) is 14.6. The highest BCUT2D eigenvalue weighted by Gasteiger charge is 2.17. The van der Waals surface area contributed by atoms with Gasteiger partial charge in [0.05, 0.1) is 7.11 Å².